The van der Waals surface area contributed by atoms with Gasteiger partial charge in [-0.1, -0.05) is 23.7 Å². The van der Waals surface area contributed by atoms with Gasteiger partial charge in [0.1, 0.15) is 5.75 Å². The molecule has 0 saturated carbocycles. The number of methoxy groups -OCH3 is 1. The topological polar surface area (TPSA) is 21.3 Å². The van der Waals surface area contributed by atoms with Crippen molar-refractivity contribution < 1.29 is 4.74 Å². The van der Waals surface area contributed by atoms with E-state index >= 15 is 0 Å². The van der Waals surface area contributed by atoms with Gasteiger partial charge in [0, 0.05) is 17.3 Å². The lowest BCUT2D eigenvalue weighted by Crippen LogP contribution is -1.99. The van der Waals surface area contributed by atoms with Crippen molar-refractivity contribution >= 4 is 17.3 Å². The molecule has 0 bridgehead atoms. The van der Waals surface area contributed by atoms with Crippen LogP contribution in [0.5, 0.6) is 5.75 Å². The molecule has 2 aromatic carbocycles. The summed E-state index contributed by atoms with van der Waals surface area (Å²) in [5.41, 5.74) is 3.41. The van der Waals surface area contributed by atoms with E-state index in [1.54, 1.807) is 7.11 Å². The molecule has 3 heteroatoms. The van der Waals surface area contributed by atoms with Gasteiger partial charge >= 0.3 is 0 Å². The Balaban J connectivity index is 2.02. The van der Waals surface area contributed by atoms with Crippen LogP contribution in [0.4, 0.5) is 5.69 Å². The predicted octanol–water partition coefficient (Wildman–Crippen LogP) is 4.27. The number of nitrogens with one attached hydrogen (secondary N) is 1. The monoisotopic (exact) mass is 261 g/mol. The molecule has 2 rings (SSSR count). The molecule has 94 valence electrons. The fraction of sp³-hybridized carbons (Fsp3) is 0.200. The molecule has 0 fully saturated rings. The van der Waals surface area contributed by atoms with Gasteiger partial charge in [-0.15, -0.1) is 0 Å². The average molecular weight is 262 g/mol. The lowest BCUT2D eigenvalue weighted by atomic mass is 10.2. The summed E-state index contributed by atoms with van der Waals surface area (Å²) < 4.78 is 5.23. The van der Waals surface area contributed by atoms with Crippen LogP contribution >= 0.6 is 11.6 Å². The number of hydrogen-bond donors (Lipinski definition) is 1. The van der Waals surface area contributed by atoms with Crippen LogP contribution in [0.1, 0.15) is 11.1 Å². The van der Waals surface area contributed by atoms with Crippen molar-refractivity contribution in [1.82, 2.24) is 0 Å². The molecule has 2 nitrogen and oxygen atoms in total. The number of anilines is 1. The Morgan fingerprint density at radius 3 is 2.44 bits per heavy atom. The second-order valence-corrected chi connectivity index (χ2v) is 4.60. The molecule has 0 saturated heterocycles. The highest BCUT2D eigenvalue weighted by Gasteiger charge is 2.00. The Morgan fingerprint density at radius 1 is 1.11 bits per heavy atom. The maximum atomic E-state index is 5.85. The summed E-state index contributed by atoms with van der Waals surface area (Å²) in [4.78, 5) is 0. The Hall–Kier alpha value is -1.67. The van der Waals surface area contributed by atoms with E-state index in [2.05, 4.69) is 11.4 Å². The molecule has 0 radical (unpaired) electrons. The van der Waals surface area contributed by atoms with Crippen LogP contribution in [0, 0.1) is 6.92 Å². The maximum absolute atomic E-state index is 5.85. The van der Waals surface area contributed by atoms with Crippen molar-refractivity contribution in [3.05, 3.63) is 58.6 Å². The number of hydrogen-bond acceptors (Lipinski definition) is 2. The van der Waals surface area contributed by atoms with Gasteiger partial charge in [0.2, 0.25) is 0 Å². The zero-order chi connectivity index (χ0) is 13.0. The fourth-order valence-electron chi connectivity index (χ4n) is 1.79. The van der Waals surface area contributed by atoms with Crippen molar-refractivity contribution in [3.8, 4) is 5.75 Å². The molecule has 0 amide bonds. The highest BCUT2D eigenvalue weighted by molar-refractivity contribution is 6.30. The van der Waals surface area contributed by atoms with E-state index in [-0.39, 0.29) is 0 Å². The molecule has 0 atom stereocenters. The van der Waals surface area contributed by atoms with Gasteiger partial charge in [-0.2, -0.15) is 0 Å². The third-order valence-corrected chi connectivity index (χ3v) is 3.06. The number of benzene rings is 2. The van der Waals surface area contributed by atoms with Crippen molar-refractivity contribution in [3.63, 3.8) is 0 Å². The van der Waals surface area contributed by atoms with E-state index in [9.17, 15) is 0 Å². The van der Waals surface area contributed by atoms with Gasteiger partial charge in [-0.25, -0.2) is 0 Å². The lowest BCUT2D eigenvalue weighted by Gasteiger charge is -2.10. The highest BCUT2D eigenvalue weighted by atomic mass is 35.5. The fourth-order valence-corrected chi connectivity index (χ4v) is 1.92. The molecule has 0 spiro atoms. The van der Waals surface area contributed by atoms with Gasteiger partial charge < -0.3 is 10.1 Å². The van der Waals surface area contributed by atoms with Crippen LogP contribution < -0.4 is 10.1 Å². The molecular weight excluding hydrogens is 246 g/mol. The van der Waals surface area contributed by atoms with Crippen molar-refractivity contribution in [1.29, 1.82) is 0 Å². The minimum Gasteiger partial charge on any atom is -0.496 e. The molecule has 0 aliphatic rings. The Kier molecular flexibility index (Phi) is 4.11. The van der Waals surface area contributed by atoms with Gasteiger partial charge in [0.15, 0.2) is 0 Å². The standard InChI is InChI=1S/C15H16ClNO/c1-11-9-14(7-8-15(11)18-2)17-10-12-3-5-13(16)6-4-12/h3-9,17H,10H2,1-2H3. The zero-order valence-corrected chi connectivity index (χ0v) is 11.3. The van der Waals surface area contributed by atoms with Crippen LogP contribution in [-0.4, -0.2) is 7.11 Å². The summed E-state index contributed by atoms with van der Waals surface area (Å²) in [5, 5.41) is 4.14. The number of ether oxygens (including phenoxy) is 1. The van der Waals surface area contributed by atoms with Crippen molar-refractivity contribution in [2.24, 2.45) is 0 Å². The van der Waals surface area contributed by atoms with Crippen LogP contribution in [0.15, 0.2) is 42.5 Å². The van der Waals surface area contributed by atoms with E-state index in [0.717, 1.165) is 28.6 Å². The highest BCUT2D eigenvalue weighted by Crippen LogP contribution is 2.21. The number of aryl methyl sites for hydroxylation is 1. The zero-order valence-electron chi connectivity index (χ0n) is 10.5. The second kappa shape index (κ2) is 5.78. The molecule has 0 aliphatic heterocycles. The first-order valence-corrected chi connectivity index (χ1v) is 6.20. The summed E-state index contributed by atoms with van der Waals surface area (Å²) in [6, 6.07) is 13.9. The summed E-state index contributed by atoms with van der Waals surface area (Å²) in [5.74, 6) is 0.909. The third-order valence-electron chi connectivity index (χ3n) is 2.80. The van der Waals surface area contributed by atoms with E-state index in [1.165, 1.54) is 5.56 Å². The Bertz CT molecular complexity index is 523. The first-order valence-electron chi connectivity index (χ1n) is 5.82. The van der Waals surface area contributed by atoms with E-state index in [1.807, 2.05) is 43.3 Å². The summed E-state index contributed by atoms with van der Waals surface area (Å²) in [6.45, 7) is 2.81. The quantitative estimate of drug-likeness (QED) is 0.888. The van der Waals surface area contributed by atoms with E-state index in [0.29, 0.717) is 0 Å². The molecule has 0 aliphatic carbocycles. The molecule has 1 N–H and O–H groups in total. The van der Waals surface area contributed by atoms with Crippen LogP contribution in [0.2, 0.25) is 5.02 Å². The van der Waals surface area contributed by atoms with Crippen molar-refractivity contribution in [2.75, 3.05) is 12.4 Å². The molecule has 0 heterocycles. The summed E-state index contributed by atoms with van der Waals surface area (Å²) in [6.07, 6.45) is 0. The smallest absolute Gasteiger partial charge is 0.121 e. The largest absolute Gasteiger partial charge is 0.496 e. The predicted molar refractivity (Wildman–Crippen MR) is 76.5 cm³/mol. The summed E-state index contributed by atoms with van der Waals surface area (Å²) >= 11 is 5.85. The summed E-state index contributed by atoms with van der Waals surface area (Å²) in [7, 11) is 1.68. The molecular formula is C15H16ClNO. The van der Waals surface area contributed by atoms with Crippen LogP contribution in [0.25, 0.3) is 0 Å². The maximum Gasteiger partial charge on any atom is 0.121 e. The first kappa shape index (κ1) is 12.8. The minimum absolute atomic E-state index is 0.763. The third kappa shape index (κ3) is 3.17. The van der Waals surface area contributed by atoms with Crippen LogP contribution in [0.3, 0.4) is 0 Å². The van der Waals surface area contributed by atoms with Crippen LogP contribution in [-0.2, 0) is 6.54 Å². The SMILES string of the molecule is COc1ccc(NCc2ccc(Cl)cc2)cc1C. The van der Waals surface area contributed by atoms with E-state index < -0.39 is 0 Å². The van der Waals surface area contributed by atoms with Crippen molar-refractivity contribution in [2.45, 2.75) is 13.5 Å². The first-order chi connectivity index (χ1) is 8.69. The Morgan fingerprint density at radius 2 is 1.83 bits per heavy atom. The van der Waals surface area contributed by atoms with Gasteiger partial charge in [0.25, 0.3) is 0 Å². The second-order valence-electron chi connectivity index (χ2n) is 4.16. The number of rotatable bonds is 4. The van der Waals surface area contributed by atoms with Gasteiger partial charge in [0.05, 0.1) is 7.11 Å². The molecule has 2 aromatic rings. The minimum atomic E-state index is 0.763. The van der Waals surface area contributed by atoms with Gasteiger partial charge in [-0.3, -0.25) is 0 Å². The lowest BCUT2D eigenvalue weighted by molar-refractivity contribution is 0.412. The Labute approximate surface area is 113 Å². The normalized spacial score (nSPS) is 10.2. The van der Waals surface area contributed by atoms with E-state index in [4.69, 9.17) is 16.3 Å². The number of halogens is 1. The van der Waals surface area contributed by atoms with Gasteiger partial charge in [-0.05, 0) is 48.4 Å². The molecule has 18 heavy (non-hydrogen) atoms. The molecule has 0 unspecified atom stereocenters. The average Bonchev–Trinajstić information content (AvgIpc) is 2.38. The molecule has 0 aromatic heterocycles.